The van der Waals surface area contributed by atoms with Gasteiger partial charge in [0.1, 0.15) is 11.9 Å². The molecule has 0 saturated carbocycles. The molecule has 1 aliphatic heterocycles. The Labute approximate surface area is 173 Å². The van der Waals surface area contributed by atoms with Crippen LogP contribution in [0.15, 0.2) is 83.9 Å². The predicted molar refractivity (Wildman–Crippen MR) is 120 cm³/mol. The van der Waals surface area contributed by atoms with Crippen molar-refractivity contribution in [2.24, 2.45) is 4.99 Å². The second kappa shape index (κ2) is 8.94. The summed E-state index contributed by atoms with van der Waals surface area (Å²) in [7, 11) is 2.14. The van der Waals surface area contributed by atoms with E-state index in [4.69, 9.17) is 10.7 Å². The smallest absolute Gasteiger partial charge is 0.102 e. The molecule has 0 bridgehead atoms. The third-order valence-electron chi connectivity index (χ3n) is 5.19. The number of fused-ring (bicyclic) bond motifs is 1. The molecule has 2 N–H and O–H groups in total. The molecule has 0 spiro atoms. The first-order chi connectivity index (χ1) is 13.2. The standard InChI is InChI=1S/C24H25N3.ClH/c1-27-17-20-13-14-21(25)16-22(20)24(19-10-6-3-7-11-19)26-23(27)15-12-18-8-4-2-5-9-18;/h2-11,13-14,16,24H,12,15,17,25H2,1H3;1H. The fourth-order valence-electron chi connectivity index (χ4n) is 3.72. The van der Waals surface area contributed by atoms with Gasteiger partial charge in [0.2, 0.25) is 0 Å². The highest BCUT2D eigenvalue weighted by Crippen LogP contribution is 2.33. The Morgan fingerprint density at radius 3 is 2.32 bits per heavy atom. The van der Waals surface area contributed by atoms with E-state index in [9.17, 15) is 0 Å². The fraction of sp³-hybridized carbons (Fsp3) is 0.208. The molecule has 4 rings (SSSR count). The molecule has 0 radical (unpaired) electrons. The van der Waals surface area contributed by atoms with Gasteiger partial charge >= 0.3 is 0 Å². The van der Waals surface area contributed by atoms with Crippen LogP contribution >= 0.6 is 12.4 Å². The summed E-state index contributed by atoms with van der Waals surface area (Å²) in [4.78, 5) is 7.49. The van der Waals surface area contributed by atoms with Gasteiger partial charge in [0.15, 0.2) is 0 Å². The largest absolute Gasteiger partial charge is 0.399 e. The summed E-state index contributed by atoms with van der Waals surface area (Å²) < 4.78 is 0. The molecule has 3 aromatic rings. The van der Waals surface area contributed by atoms with Crippen molar-refractivity contribution >= 4 is 23.9 Å². The zero-order valence-corrected chi connectivity index (χ0v) is 16.9. The van der Waals surface area contributed by atoms with Crippen LogP contribution in [0.1, 0.15) is 34.7 Å². The number of aliphatic imine (C=N–C) groups is 1. The Balaban J connectivity index is 0.00000225. The van der Waals surface area contributed by atoms with Gasteiger partial charge in [-0.3, -0.25) is 4.99 Å². The first-order valence-corrected chi connectivity index (χ1v) is 9.45. The number of anilines is 1. The van der Waals surface area contributed by atoms with Crippen LogP contribution in [0.3, 0.4) is 0 Å². The van der Waals surface area contributed by atoms with E-state index in [1.807, 2.05) is 12.1 Å². The van der Waals surface area contributed by atoms with E-state index >= 15 is 0 Å². The van der Waals surface area contributed by atoms with Crippen LogP contribution in [0.25, 0.3) is 0 Å². The lowest BCUT2D eigenvalue weighted by atomic mass is 9.94. The summed E-state index contributed by atoms with van der Waals surface area (Å²) in [5, 5.41) is 0. The van der Waals surface area contributed by atoms with E-state index < -0.39 is 0 Å². The quantitative estimate of drug-likeness (QED) is 0.616. The van der Waals surface area contributed by atoms with Gasteiger partial charge < -0.3 is 10.6 Å². The van der Waals surface area contributed by atoms with Gasteiger partial charge in [-0.15, -0.1) is 12.4 Å². The SMILES string of the molecule is CN1Cc2ccc(N)cc2C(c2ccccc2)N=C1CCc1ccccc1.Cl. The first-order valence-electron chi connectivity index (χ1n) is 9.45. The van der Waals surface area contributed by atoms with Crippen LogP contribution in [0.4, 0.5) is 5.69 Å². The molecule has 4 heteroatoms. The van der Waals surface area contributed by atoms with Crippen LogP contribution < -0.4 is 5.73 Å². The highest BCUT2D eigenvalue weighted by atomic mass is 35.5. The molecule has 0 fully saturated rings. The van der Waals surface area contributed by atoms with Gasteiger partial charge in [-0.2, -0.15) is 0 Å². The number of nitrogens with two attached hydrogens (primary N) is 1. The normalized spacial score (nSPS) is 15.8. The van der Waals surface area contributed by atoms with Crippen molar-refractivity contribution in [1.82, 2.24) is 4.90 Å². The van der Waals surface area contributed by atoms with Gasteiger partial charge in [-0.25, -0.2) is 0 Å². The minimum Gasteiger partial charge on any atom is -0.399 e. The third-order valence-corrected chi connectivity index (χ3v) is 5.19. The zero-order chi connectivity index (χ0) is 18.6. The summed E-state index contributed by atoms with van der Waals surface area (Å²) in [6.07, 6.45) is 1.91. The maximum absolute atomic E-state index is 6.12. The predicted octanol–water partition coefficient (Wildman–Crippen LogP) is 5.26. The minimum absolute atomic E-state index is 0. The summed E-state index contributed by atoms with van der Waals surface area (Å²) in [6, 6.07) is 27.3. The average molecular weight is 392 g/mol. The molecule has 0 aromatic heterocycles. The Bertz CT molecular complexity index is 939. The molecule has 0 amide bonds. The minimum atomic E-state index is -0.0135. The number of benzene rings is 3. The maximum Gasteiger partial charge on any atom is 0.102 e. The molecule has 28 heavy (non-hydrogen) atoms. The van der Waals surface area contributed by atoms with Gasteiger partial charge in [0, 0.05) is 25.7 Å². The van der Waals surface area contributed by atoms with Gasteiger partial charge in [0.05, 0.1) is 0 Å². The molecule has 1 unspecified atom stereocenters. The van der Waals surface area contributed by atoms with Crippen molar-refractivity contribution in [3.63, 3.8) is 0 Å². The Morgan fingerprint density at radius 2 is 1.61 bits per heavy atom. The average Bonchev–Trinajstić information content (AvgIpc) is 2.84. The molecule has 144 valence electrons. The van der Waals surface area contributed by atoms with E-state index in [2.05, 4.69) is 78.7 Å². The number of aryl methyl sites for hydroxylation is 1. The van der Waals surface area contributed by atoms with Crippen molar-refractivity contribution < 1.29 is 0 Å². The Kier molecular flexibility index (Phi) is 6.37. The van der Waals surface area contributed by atoms with Crippen molar-refractivity contribution in [2.75, 3.05) is 12.8 Å². The molecular weight excluding hydrogens is 366 g/mol. The molecular formula is C24H26ClN3. The summed E-state index contributed by atoms with van der Waals surface area (Å²) >= 11 is 0. The maximum atomic E-state index is 6.12. The number of amidine groups is 1. The highest BCUT2D eigenvalue weighted by molar-refractivity contribution is 5.85. The second-order valence-corrected chi connectivity index (χ2v) is 7.16. The molecule has 1 atom stereocenters. The van der Waals surface area contributed by atoms with Crippen molar-refractivity contribution in [3.05, 3.63) is 101 Å². The molecule has 3 nitrogen and oxygen atoms in total. The molecule has 3 aromatic carbocycles. The van der Waals surface area contributed by atoms with E-state index in [0.717, 1.165) is 30.9 Å². The van der Waals surface area contributed by atoms with Crippen molar-refractivity contribution in [1.29, 1.82) is 0 Å². The molecule has 0 aliphatic carbocycles. The first kappa shape index (κ1) is 20.0. The fourth-order valence-corrected chi connectivity index (χ4v) is 3.72. The second-order valence-electron chi connectivity index (χ2n) is 7.16. The monoisotopic (exact) mass is 391 g/mol. The molecule has 1 aliphatic rings. The number of hydrogen-bond donors (Lipinski definition) is 1. The third kappa shape index (κ3) is 4.37. The van der Waals surface area contributed by atoms with Gasteiger partial charge in [-0.1, -0.05) is 66.7 Å². The van der Waals surface area contributed by atoms with Crippen molar-refractivity contribution in [2.45, 2.75) is 25.4 Å². The van der Waals surface area contributed by atoms with E-state index in [1.165, 1.54) is 22.3 Å². The topological polar surface area (TPSA) is 41.6 Å². The van der Waals surface area contributed by atoms with Crippen LogP contribution in [-0.4, -0.2) is 17.8 Å². The lowest BCUT2D eigenvalue weighted by Gasteiger charge is -2.20. The molecule has 0 saturated heterocycles. The van der Waals surface area contributed by atoms with Crippen LogP contribution in [0, 0.1) is 0 Å². The van der Waals surface area contributed by atoms with Crippen LogP contribution in [-0.2, 0) is 13.0 Å². The summed E-state index contributed by atoms with van der Waals surface area (Å²) in [5.41, 5.74) is 12.0. The van der Waals surface area contributed by atoms with Crippen LogP contribution in [0.2, 0.25) is 0 Å². The number of halogens is 1. The molecule has 1 heterocycles. The zero-order valence-electron chi connectivity index (χ0n) is 16.1. The Hall–Kier alpha value is -2.78. The van der Waals surface area contributed by atoms with Crippen LogP contribution in [0.5, 0.6) is 0 Å². The summed E-state index contributed by atoms with van der Waals surface area (Å²) in [6.45, 7) is 0.854. The lowest BCUT2D eigenvalue weighted by molar-refractivity contribution is 0.490. The van der Waals surface area contributed by atoms with Crippen molar-refractivity contribution in [3.8, 4) is 0 Å². The number of rotatable bonds is 4. The van der Waals surface area contributed by atoms with Gasteiger partial charge in [0.25, 0.3) is 0 Å². The number of nitrogens with zero attached hydrogens (tertiary/aromatic N) is 2. The van der Waals surface area contributed by atoms with E-state index in [-0.39, 0.29) is 18.4 Å². The Morgan fingerprint density at radius 1 is 0.929 bits per heavy atom. The highest BCUT2D eigenvalue weighted by Gasteiger charge is 2.23. The van der Waals surface area contributed by atoms with Gasteiger partial charge in [-0.05, 0) is 40.8 Å². The number of hydrogen-bond acceptors (Lipinski definition) is 3. The number of nitrogen functional groups attached to an aromatic ring is 1. The van der Waals surface area contributed by atoms with E-state index in [1.54, 1.807) is 0 Å². The lowest BCUT2D eigenvalue weighted by Crippen LogP contribution is -2.26. The summed E-state index contributed by atoms with van der Waals surface area (Å²) in [5.74, 6) is 1.14. The van der Waals surface area contributed by atoms with E-state index in [0.29, 0.717) is 0 Å².